The molecule has 0 radical (unpaired) electrons. The number of benzene rings is 2. The van der Waals surface area contributed by atoms with Gasteiger partial charge in [-0.1, -0.05) is 46.3 Å². The third-order valence-electron chi connectivity index (χ3n) is 3.27. The Bertz CT molecular complexity index is 617. The topological polar surface area (TPSA) is 55.2 Å². The van der Waals surface area contributed by atoms with Crippen LogP contribution in [0.5, 0.6) is 0 Å². The van der Waals surface area contributed by atoms with Crippen LogP contribution in [0, 0.1) is 10.1 Å². The predicted molar refractivity (Wildman–Crippen MR) is 87.2 cm³/mol. The van der Waals surface area contributed by atoms with Gasteiger partial charge in [-0.15, -0.1) is 0 Å². The van der Waals surface area contributed by atoms with Crippen LogP contribution in [0.4, 0.5) is 5.69 Å². The van der Waals surface area contributed by atoms with Gasteiger partial charge < -0.3 is 5.32 Å². The summed E-state index contributed by atoms with van der Waals surface area (Å²) in [5.41, 5.74) is 2.41. The van der Waals surface area contributed by atoms with Gasteiger partial charge >= 0.3 is 0 Å². The summed E-state index contributed by atoms with van der Waals surface area (Å²) in [6.07, 6.45) is 0.950. The van der Waals surface area contributed by atoms with Crippen LogP contribution in [-0.4, -0.2) is 11.0 Å². The predicted octanol–water partition coefficient (Wildman–Crippen LogP) is 4.08. The van der Waals surface area contributed by atoms with E-state index in [4.69, 9.17) is 0 Å². The van der Waals surface area contributed by atoms with Gasteiger partial charge in [-0.25, -0.2) is 0 Å². The highest BCUT2D eigenvalue weighted by Gasteiger charge is 2.10. The van der Waals surface area contributed by atoms with E-state index in [1.54, 1.807) is 12.1 Å². The molecule has 0 aliphatic rings. The molecule has 110 valence electrons. The molecular formula is C16H17BrN2O2. The Morgan fingerprint density at radius 2 is 1.95 bits per heavy atom. The lowest BCUT2D eigenvalue weighted by molar-refractivity contribution is -0.384. The summed E-state index contributed by atoms with van der Waals surface area (Å²) >= 11 is 3.39. The number of hydrogen-bond acceptors (Lipinski definition) is 3. The monoisotopic (exact) mass is 348 g/mol. The highest BCUT2D eigenvalue weighted by Crippen LogP contribution is 2.23. The SMILES string of the molecule is CC(Cc1ccccc1)NCc1ccc([N+](=O)[O-])cc1Br. The van der Waals surface area contributed by atoms with Gasteiger partial charge in [0.1, 0.15) is 0 Å². The van der Waals surface area contributed by atoms with Gasteiger partial charge in [0.05, 0.1) is 4.92 Å². The smallest absolute Gasteiger partial charge is 0.270 e. The van der Waals surface area contributed by atoms with Crippen molar-refractivity contribution in [2.75, 3.05) is 0 Å². The van der Waals surface area contributed by atoms with Crippen molar-refractivity contribution >= 4 is 21.6 Å². The molecule has 0 spiro atoms. The van der Waals surface area contributed by atoms with E-state index < -0.39 is 0 Å². The molecule has 2 aromatic rings. The normalized spacial score (nSPS) is 12.1. The first-order valence-electron chi connectivity index (χ1n) is 6.76. The Balaban J connectivity index is 1.92. The van der Waals surface area contributed by atoms with E-state index >= 15 is 0 Å². The Hall–Kier alpha value is -1.72. The second-order valence-corrected chi connectivity index (χ2v) is 5.86. The number of nitrogens with one attached hydrogen (secondary N) is 1. The quantitative estimate of drug-likeness (QED) is 0.632. The maximum atomic E-state index is 10.7. The van der Waals surface area contributed by atoms with Gasteiger partial charge in [-0.05, 0) is 30.5 Å². The number of nitro groups is 1. The highest BCUT2D eigenvalue weighted by molar-refractivity contribution is 9.10. The molecule has 0 amide bonds. The molecule has 4 nitrogen and oxygen atoms in total. The van der Waals surface area contributed by atoms with E-state index in [1.165, 1.54) is 11.6 Å². The fourth-order valence-corrected chi connectivity index (χ4v) is 2.62. The molecule has 0 aliphatic heterocycles. The van der Waals surface area contributed by atoms with Crippen LogP contribution >= 0.6 is 15.9 Å². The second kappa shape index (κ2) is 7.33. The minimum Gasteiger partial charge on any atom is -0.310 e. The van der Waals surface area contributed by atoms with E-state index in [-0.39, 0.29) is 10.6 Å². The molecule has 1 atom stereocenters. The fourth-order valence-electron chi connectivity index (χ4n) is 2.12. The molecule has 0 saturated carbocycles. The standard InChI is InChI=1S/C16H17BrN2O2/c1-12(9-13-5-3-2-4-6-13)18-11-14-7-8-15(19(20)21)10-16(14)17/h2-8,10,12,18H,9,11H2,1H3. The van der Waals surface area contributed by atoms with E-state index in [0.717, 1.165) is 16.5 Å². The average Bonchev–Trinajstić information content (AvgIpc) is 2.47. The molecule has 0 aliphatic carbocycles. The Morgan fingerprint density at radius 3 is 2.57 bits per heavy atom. The molecule has 2 rings (SSSR count). The summed E-state index contributed by atoms with van der Waals surface area (Å²) in [6.45, 7) is 2.80. The zero-order valence-corrected chi connectivity index (χ0v) is 13.3. The van der Waals surface area contributed by atoms with Crippen molar-refractivity contribution in [3.8, 4) is 0 Å². The molecule has 0 heterocycles. The number of non-ortho nitro benzene ring substituents is 1. The lowest BCUT2D eigenvalue weighted by Crippen LogP contribution is -2.27. The van der Waals surface area contributed by atoms with Crippen LogP contribution in [0.3, 0.4) is 0 Å². The maximum Gasteiger partial charge on any atom is 0.270 e. The molecule has 0 aromatic heterocycles. The van der Waals surface area contributed by atoms with Crippen molar-refractivity contribution in [3.05, 3.63) is 74.2 Å². The lowest BCUT2D eigenvalue weighted by atomic mass is 10.1. The number of nitrogens with zero attached hydrogens (tertiary/aromatic N) is 1. The van der Waals surface area contributed by atoms with Gasteiger partial charge in [-0.3, -0.25) is 10.1 Å². The van der Waals surface area contributed by atoms with E-state index in [0.29, 0.717) is 12.6 Å². The lowest BCUT2D eigenvalue weighted by Gasteiger charge is -2.14. The summed E-state index contributed by atoms with van der Waals surface area (Å²) in [5.74, 6) is 0. The van der Waals surface area contributed by atoms with Gasteiger partial charge in [-0.2, -0.15) is 0 Å². The van der Waals surface area contributed by atoms with Crippen molar-refractivity contribution in [1.29, 1.82) is 0 Å². The molecule has 0 bridgehead atoms. The summed E-state index contributed by atoms with van der Waals surface area (Å²) in [4.78, 5) is 10.3. The molecule has 0 saturated heterocycles. The third-order valence-corrected chi connectivity index (χ3v) is 4.01. The molecule has 5 heteroatoms. The minimum absolute atomic E-state index is 0.1000. The van der Waals surface area contributed by atoms with Crippen LogP contribution in [0.25, 0.3) is 0 Å². The number of hydrogen-bond donors (Lipinski definition) is 1. The second-order valence-electron chi connectivity index (χ2n) is 5.00. The van der Waals surface area contributed by atoms with Crippen molar-refractivity contribution < 1.29 is 4.92 Å². The summed E-state index contributed by atoms with van der Waals surface area (Å²) in [7, 11) is 0. The van der Waals surface area contributed by atoms with Crippen molar-refractivity contribution in [3.63, 3.8) is 0 Å². The molecule has 21 heavy (non-hydrogen) atoms. The van der Waals surface area contributed by atoms with Crippen LogP contribution in [-0.2, 0) is 13.0 Å². The van der Waals surface area contributed by atoms with Crippen molar-refractivity contribution in [2.45, 2.75) is 25.9 Å². The number of halogens is 1. The zero-order chi connectivity index (χ0) is 15.2. The third kappa shape index (κ3) is 4.65. The van der Waals surface area contributed by atoms with Gasteiger partial charge in [0.15, 0.2) is 0 Å². The Kier molecular flexibility index (Phi) is 5.47. The molecule has 2 aromatic carbocycles. The summed E-state index contributed by atoms with van der Waals surface area (Å²) < 4.78 is 0.760. The Morgan fingerprint density at radius 1 is 1.24 bits per heavy atom. The van der Waals surface area contributed by atoms with Crippen LogP contribution in [0.15, 0.2) is 53.0 Å². The van der Waals surface area contributed by atoms with Crippen molar-refractivity contribution in [1.82, 2.24) is 5.32 Å². The van der Waals surface area contributed by atoms with Gasteiger partial charge in [0.2, 0.25) is 0 Å². The molecule has 0 fully saturated rings. The highest BCUT2D eigenvalue weighted by atomic mass is 79.9. The van der Waals surface area contributed by atoms with Gasteiger partial charge in [0, 0.05) is 29.2 Å². The number of rotatable bonds is 6. The van der Waals surface area contributed by atoms with Crippen LogP contribution in [0.1, 0.15) is 18.1 Å². The molecule has 1 N–H and O–H groups in total. The first-order chi connectivity index (χ1) is 10.1. The van der Waals surface area contributed by atoms with E-state index in [9.17, 15) is 10.1 Å². The zero-order valence-electron chi connectivity index (χ0n) is 11.8. The average molecular weight is 349 g/mol. The van der Waals surface area contributed by atoms with Crippen LogP contribution < -0.4 is 5.32 Å². The Labute approximate surface area is 132 Å². The fraction of sp³-hybridized carbons (Fsp3) is 0.250. The summed E-state index contributed by atoms with van der Waals surface area (Å²) in [5, 5.41) is 14.1. The van der Waals surface area contributed by atoms with Gasteiger partial charge in [0.25, 0.3) is 5.69 Å². The summed E-state index contributed by atoms with van der Waals surface area (Å²) in [6, 6.07) is 15.5. The maximum absolute atomic E-state index is 10.7. The largest absolute Gasteiger partial charge is 0.310 e. The molecular weight excluding hydrogens is 332 g/mol. The first kappa shape index (κ1) is 15.7. The van der Waals surface area contributed by atoms with Crippen molar-refractivity contribution in [2.24, 2.45) is 0 Å². The minimum atomic E-state index is -0.389. The van der Waals surface area contributed by atoms with Crippen LogP contribution in [0.2, 0.25) is 0 Å². The first-order valence-corrected chi connectivity index (χ1v) is 7.55. The number of nitro benzene ring substituents is 1. The van der Waals surface area contributed by atoms with E-state index in [2.05, 4.69) is 40.3 Å². The van der Waals surface area contributed by atoms with E-state index in [1.807, 2.05) is 18.2 Å². The molecule has 1 unspecified atom stereocenters.